The second-order valence-corrected chi connectivity index (χ2v) is 11.3. The van der Waals surface area contributed by atoms with Crippen LogP contribution in [-0.4, -0.2) is 43.1 Å². The van der Waals surface area contributed by atoms with Crippen molar-refractivity contribution in [3.63, 3.8) is 0 Å². The fourth-order valence-electron chi connectivity index (χ4n) is 5.46. The summed E-state index contributed by atoms with van der Waals surface area (Å²) in [5.74, 6) is 0. The first-order chi connectivity index (χ1) is 18.2. The van der Waals surface area contributed by atoms with Crippen molar-refractivity contribution in [2.45, 2.75) is 32.7 Å². The molecule has 7 heteroatoms. The molecular formula is C30H28N6S. The van der Waals surface area contributed by atoms with Crippen molar-refractivity contribution in [2.75, 3.05) is 13.1 Å². The number of H-pyrrole nitrogens is 2. The lowest BCUT2D eigenvalue weighted by atomic mass is 10.0. The van der Waals surface area contributed by atoms with E-state index in [2.05, 4.69) is 80.4 Å². The van der Waals surface area contributed by atoms with Gasteiger partial charge in [-0.15, -0.1) is 11.3 Å². The summed E-state index contributed by atoms with van der Waals surface area (Å²) >= 11 is 1.80. The number of hydrogen-bond acceptors (Lipinski definition) is 5. The monoisotopic (exact) mass is 504 g/mol. The maximum Gasteiger partial charge on any atom is 0.138 e. The van der Waals surface area contributed by atoms with E-state index in [0.717, 1.165) is 51.0 Å². The van der Waals surface area contributed by atoms with Gasteiger partial charge in [-0.2, -0.15) is 5.10 Å². The molecule has 6 aromatic rings. The Morgan fingerprint density at radius 2 is 1.84 bits per heavy atom. The number of nitrogens with zero attached hydrogens (tertiary/aromatic N) is 4. The van der Waals surface area contributed by atoms with E-state index >= 15 is 0 Å². The third-order valence-corrected chi connectivity index (χ3v) is 8.37. The molecule has 1 aliphatic rings. The molecule has 5 aromatic heterocycles. The van der Waals surface area contributed by atoms with Gasteiger partial charge in [0.05, 0.1) is 11.2 Å². The molecule has 0 amide bonds. The van der Waals surface area contributed by atoms with Crippen molar-refractivity contribution in [2.24, 2.45) is 0 Å². The highest BCUT2D eigenvalue weighted by atomic mass is 32.1. The molecule has 7 rings (SSSR count). The minimum absolute atomic E-state index is 0.875. The van der Waals surface area contributed by atoms with E-state index in [4.69, 9.17) is 5.10 Å². The van der Waals surface area contributed by atoms with E-state index in [1.54, 1.807) is 11.3 Å². The zero-order chi connectivity index (χ0) is 24.8. The molecule has 6 heterocycles. The van der Waals surface area contributed by atoms with Crippen LogP contribution in [0.3, 0.4) is 0 Å². The molecule has 6 nitrogen and oxygen atoms in total. The Morgan fingerprint density at radius 3 is 2.70 bits per heavy atom. The number of aryl methyl sites for hydroxylation is 1. The largest absolute Gasteiger partial charge is 0.338 e. The predicted molar refractivity (Wildman–Crippen MR) is 152 cm³/mol. The number of benzene rings is 1. The van der Waals surface area contributed by atoms with Gasteiger partial charge in [-0.25, -0.2) is 4.98 Å². The fourth-order valence-corrected chi connectivity index (χ4v) is 6.36. The molecule has 1 saturated heterocycles. The average molecular weight is 505 g/mol. The van der Waals surface area contributed by atoms with Crippen molar-refractivity contribution in [1.82, 2.24) is 30.0 Å². The first-order valence-corrected chi connectivity index (χ1v) is 13.7. The molecule has 2 N–H and O–H groups in total. The number of likely N-dealkylation sites (tertiary alicyclic amines) is 1. The molecule has 1 aliphatic heterocycles. The van der Waals surface area contributed by atoms with Gasteiger partial charge in [0, 0.05) is 56.8 Å². The average Bonchev–Trinajstić information content (AvgIpc) is 3.66. The van der Waals surface area contributed by atoms with E-state index in [0.29, 0.717) is 0 Å². The lowest BCUT2D eigenvalue weighted by Gasteiger charge is -2.26. The van der Waals surface area contributed by atoms with Gasteiger partial charge in [-0.1, -0.05) is 12.5 Å². The third-order valence-electron chi connectivity index (χ3n) is 7.34. The fraction of sp³-hybridized carbons (Fsp3) is 0.233. The number of fused-ring (bicyclic) bond motifs is 2. The van der Waals surface area contributed by atoms with Crippen LogP contribution in [0.5, 0.6) is 0 Å². The second-order valence-electron chi connectivity index (χ2n) is 9.97. The Bertz CT molecular complexity index is 1720. The number of pyridine rings is 2. The van der Waals surface area contributed by atoms with Gasteiger partial charge in [0.15, 0.2) is 0 Å². The number of rotatable bonds is 5. The van der Waals surface area contributed by atoms with Crippen LogP contribution in [0.25, 0.3) is 54.9 Å². The number of hydrogen-bond donors (Lipinski definition) is 2. The minimum Gasteiger partial charge on any atom is -0.338 e. The minimum atomic E-state index is 0.875. The lowest BCUT2D eigenvalue weighted by molar-refractivity contribution is 0.220. The molecule has 0 saturated carbocycles. The number of thiophene rings is 1. The van der Waals surface area contributed by atoms with Crippen LogP contribution in [0.4, 0.5) is 0 Å². The lowest BCUT2D eigenvalue weighted by Crippen LogP contribution is -2.29. The summed E-state index contributed by atoms with van der Waals surface area (Å²) in [5.41, 5.74) is 8.50. The normalized spacial score (nSPS) is 14.6. The van der Waals surface area contributed by atoms with E-state index in [1.807, 2.05) is 18.6 Å². The molecule has 0 unspecified atom stereocenters. The SMILES string of the molecule is Cc1ccc(-c2ccnc3[nH]c(-c4n[nH]c5ccc(-c6cncc(CN7CCCCC7)c6)cc45)cc23)s1. The molecule has 1 aromatic carbocycles. The molecule has 0 atom stereocenters. The molecule has 0 spiro atoms. The quantitative estimate of drug-likeness (QED) is 0.261. The summed E-state index contributed by atoms with van der Waals surface area (Å²) in [5, 5.41) is 10.1. The molecule has 184 valence electrons. The topological polar surface area (TPSA) is 73.5 Å². The maximum atomic E-state index is 4.69. The third kappa shape index (κ3) is 4.24. The van der Waals surface area contributed by atoms with E-state index in [-0.39, 0.29) is 0 Å². The summed E-state index contributed by atoms with van der Waals surface area (Å²) in [6, 6.07) is 17.4. The van der Waals surface area contributed by atoms with Crippen LogP contribution in [-0.2, 0) is 6.54 Å². The van der Waals surface area contributed by atoms with Gasteiger partial charge in [-0.3, -0.25) is 15.0 Å². The van der Waals surface area contributed by atoms with Gasteiger partial charge in [0.2, 0.25) is 0 Å². The van der Waals surface area contributed by atoms with Gasteiger partial charge < -0.3 is 4.98 Å². The van der Waals surface area contributed by atoms with Gasteiger partial charge in [0.1, 0.15) is 11.3 Å². The summed E-state index contributed by atoms with van der Waals surface area (Å²) in [7, 11) is 0. The Kier molecular flexibility index (Phi) is 5.60. The van der Waals surface area contributed by atoms with Crippen LogP contribution < -0.4 is 0 Å². The van der Waals surface area contributed by atoms with Crippen LogP contribution in [0.1, 0.15) is 29.7 Å². The molecule has 1 fully saturated rings. The predicted octanol–water partition coefficient (Wildman–Crippen LogP) is 7.19. The molecular weight excluding hydrogens is 476 g/mol. The van der Waals surface area contributed by atoms with Crippen molar-refractivity contribution < 1.29 is 0 Å². The second kappa shape index (κ2) is 9.25. The standard InChI is InChI=1S/C30H28N6S/c1-19-5-8-28(37-19)23-9-10-32-30-24(23)15-27(33-30)29-25-14-21(6-7-26(25)34-35-29)22-13-20(16-31-17-22)18-36-11-3-2-4-12-36/h5-10,13-17H,2-4,11-12,18H2,1H3,(H,32,33)(H,34,35). The summed E-state index contributed by atoms with van der Waals surface area (Å²) < 4.78 is 0. The number of nitrogens with one attached hydrogen (secondary N) is 2. The Labute approximate surface area is 219 Å². The molecule has 37 heavy (non-hydrogen) atoms. The van der Waals surface area contributed by atoms with Crippen LogP contribution in [0.2, 0.25) is 0 Å². The number of aromatic amines is 2. The highest BCUT2D eigenvalue weighted by molar-refractivity contribution is 7.15. The van der Waals surface area contributed by atoms with Crippen molar-refractivity contribution in [3.8, 4) is 33.0 Å². The molecule has 0 bridgehead atoms. The molecule has 0 aliphatic carbocycles. The highest BCUT2D eigenvalue weighted by Gasteiger charge is 2.16. The Hall–Kier alpha value is -3.81. The van der Waals surface area contributed by atoms with E-state index < -0.39 is 0 Å². The van der Waals surface area contributed by atoms with Gasteiger partial charge in [-0.05, 0) is 86.4 Å². The smallest absolute Gasteiger partial charge is 0.138 e. The van der Waals surface area contributed by atoms with Gasteiger partial charge in [0.25, 0.3) is 0 Å². The zero-order valence-corrected chi connectivity index (χ0v) is 21.6. The molecule has 0 radical (unpaired) electrons. The van der Waals surface area contributed by atoms with E-state index in [9.17, 15) is 0 Å². The van der Waals surface area contributed by atoms with Crippen molar-refractivity contribution >= 4 is 33.3 Å². The Morgan fingerprint density at radius 1 is 0.919 bits per heavy atom. The first-order valence-electron chi connectivity index (χ1n) is 12.9. The summed E-state index contributed by atoms with van der Waals surface area (Å²) in [6.45, 7) is 5.47. The van der Waals surface area contributed by atoms with Gasteiger partial charge >= 0.3 is 0 Å². The van der Waals surface area contributed by atoms with Crippen LogP contribution in [0, 0.1) is 6.92 Å². The summed E-state index contributed by atoms with van der Waals surface area (Å²) in [6.07, 6.45) is 9.78. The van der Waals surface area contributed by atoms with Crippen molar-refractivity contribution in [1.29, 1.82) is 0 Å². The number of aromatic nitrogens is 5. The van der Waals surface area contributed by atoms with E-state index in [1.165, 1.54) is 53.2 Å². The van der Waals surface area contributed by atoms with Crippen LogP contribution >= 0.6 is 11.3 Å². The zero-order valence-electron chi connectivity index (χ0n) is 20.8. The van der Waals surface area contributed by atoms with Crippen LogP contribution in [0.15, 0.2) is 67.1 Å². The summed E-state index contributed by atoms with van der Waals surface area (Å²) in [4.78, 5) is 17.8. The first kappa shape index (κ1) is 22.4. The Balaban J connectivity index is 1.26. The maximum absolute atomic E-state index is 4.69. The highest BCUT2D eigenvalue weighted by Crippen LogP contribution is 2.36. The van der Waals surface area contributed by atoms with Crippen molar-refractivity contribution in [3.05, 3.63) is 77.6 Å². The number of piperidine rings is 1.